The van der Waals surface area contributed by atoms with E-state index in [0.717, 1.165) is 19.4 Å². The third-order valence-corrected chi connectivity index (χ3v) is 2.81. The number of para-hydroxylation sites is 1. The quantitative estimate of drug-likeness (QED) is 0.780. The summed E-state index contributed by atoms with van der Waals surface area (Å²) in [4.78, 5) is 11.8. The zero-order chi connectivity index (χ0) is 12.3. The average Bonchev–Trinajstić information content (AvgIpc) is 2.82. The highest BCUT2D eigenvalue weighted by molar-refractivity contribution is 5.99. The Labute approximate surface area is 98.9 Å². The van der Waals surface area contributed by atoms with Gasteiger partial charge < -0.3 is 15.8 Å². The van der Waals surface area contributed by atoms with Crippen LogP contribution in [-0.2, 0) is 4.74 Å². The molecule has 0 radical (unpaired) electrons. The summed E-state index contributed by atoms with van der Waals surface area (Å²) in [5, 5.41) is 2.70. The summed E-state index contributed by atoms with van der Waals surface area (Å²) in [7, 11) is 0. The van der Waals surface area contributed by atoms with Crippen LogP contribution in [0.3, 0.4) is 0 Å². The normalized spacial score (nSPS) is 19.2. The van der Waals surface area contributed by atoms with Gasteiger partial charge in [0.25, 0.3) is 5.91 Å². The number of rotatable bonds is 3. The van der Waals surface area contributed by atoms with Gasteiger partial charge in [-0.25, -0.2) is 4.39 Å². The van der Waals surface area contributed by atoms with E-state index in [2.05, 4.69) is 5.32 Å². The maximum absolute atomic E-state index is 13.2. The Bertz CT molecular complexity index is 417. The zero-order valence-electron chi connectivity index (χ0n) is 9.41. The molecule has 1 aliphatic rings. The summed E-state index contributed by atoms with van der Waals surface area (Å²) >= 11 is 0. The molecule has 0 aliphatic carbocycles. The van der Waals surface area contributed by atoms with E-state index in [1.54, 1.807) is 0 Å². The minimum absolute atomic E-state index is 0.0636. The van der Waals surface area contributed by atoms with Crippen LogP contribution in [-0.4, -0.2) is 25.2 Å². The highest BCUT2D eigenvalue weighted by Crippen LogP contribution is 2.16. The first kappa shape index (κ1) is 11.9. The lowest BCUT2D eigenvalue weighted by molar-refractivity contribution is 0.0858. The molecule has 0 bridgehead atoms. The molecule has 1 aromatic rings. The Morgan fingerprint density at radius 3 is 3.12 bits per heavy atom. The molecule has 1 aliphatic heterocycles. The molecule has 2 rings (SSSR count). The maximum atomic E-state index is 13.2. The van der Waals surface area contributed by atoms with E-state index in [9.17, 15) is 9.18 Å². The van der Waals surface area contributed by atoms with Gasteiger partial charge in [0.2, 0.25) is 0 Å². The van der Waals surface area contributed by atoms with Gasteiger partial charge in [0.15, 0.2) is 0 Å². The van der Waals surface area contributed by atoms with E-state index in [0.29, 0.717) is 6.54 Å². The molecule has 0 spiro atoms. The topological polar surface area (TPSA) is 64.4 Å². The molecule has 1 atom stereocenters. The lowest BCUT2D eigenvalue weighted by Gasteiger charge is -2.11. The third kappa shape index (κ3) is 2.74. The van der Waals surface area contributed by atoms with Crippen molar-refractivity contribution in [3.05, 3.63) is 29.6 Å². The van der Waals surface area contributed by atoms with Crippen molar-refractivity contribution in [2.45, 2.75) is 18.9 Å². The predicted molar refractivity (Wildman–Crippen MR) is 62.1 cm³/mol. The molecule has 1 unspecified atom stereocenters. The fraction of sp³-hybridized carbons (Fsp3) is 0.417. The molecule has 0 saturated carbocycles. The second-order valence-corrected chi connectivity index (χ2v) is 4.05. The highest BCUT2D eigenvalue weighted by Gasteiger charge is 2.18. The van der Waals surface area contributed by atoms with Crippen molar-refractivity contribution in [3.8, 4) is 0 Å². The number of nitrogens with two attached hydrogens (primary N) is 1. The van der Waals surface area contributed by atoms with Gasteiger partial charge in [0, 0.05) is 13.2 Å². The Morgan fingerprint density at radius 2 is 2.41 bits per heavy atom. The number of ether oxygens (including phenoxy) is 1. The molecule has 3 N–H and O–H groups in total. The molecule has 4 nitrogen and oxygen atoms in total. The molecular weight excluding hydrogens is 223 g/mol. The smallest absolute Gasteiger partial charge is 0.253 e. The Hall–Kier alpha value is -1.62. The van der Waals surface area contributed by atoms with Crippen LogP contribution >= 0.6 is 0 Å². The molecule has 0 aromatic heterocycles. The monoisotopic (exact) mass is 238 g/mol. The highest BCUT2D eigenvalue weighted by atomic mass is 19.1. The lowest BCUT2D eigenvalue weighted by Crippen LogP contribution is -2.32. The Kier molecular flexibility index (Phi) is 3.58. The number of carbonyl (C=O) groups excluding carboxylic acids is 1. The fourth-order valence-electron chi connectivity index (χ4n) is 1.84. The minimum atomic E-state index is -0.574. The molecule has 1 fully saturated rings. The van der Waals surface area contributed by atoms with Crippen molar-refractivity contribution < 1.29 is 13.9 Å². The zero-order valence-corrected chi connectivity index (χ0v) is 9.41. The summed E-state index contributed by atoms with van der Waals surface area (Å²) in [5.74, 6) is -0.938. The summed E-state index contributed by atoms with van der Waals surface area (Å²) in [5.41, 5.74) is 5.56. The minimum Gasteiger partial charge on any atom is -0.396 e. The van der Waals surface area contributed by atoms with Crippen molar-refractivity contribution >= 4 is 11.6 Å². The van der Waals surface area contributed by atoms with Crippen LogP contribution in [0.5, 0.6) is 0 Å². The van der Waals surface area contributed by atoms with E-state index >= 15 is 0 Å². The van der Waals surface area contributed by atoms with Crippen LogP contribution in [0.4, 0.5) is 10.1 Å². The van der Waals surface area contributed by atoms with Crippen LogP contribution in [0.25, 0.3) is 0 Å². The van der Waals surface area contributed by atoms with Crippen molar-refractivity contribution in [2.75, 3.05) is 18.9 Å². The van der Waals surface area contributed by atoms with E-state index in [1.165, 1.54) is 18.2 Å². The maximum Gasteiger partial charge on any atom is 0.253 e. The molecular formula is C12H15FN2O2. The van der Waals surface area contributed by atoms with Crippen LogP contribution in [0, 0.1) is 5.82 Å². The lowest BCUT2D eigenvalue weighted by atomic mass is 10.1. The van der Waals surface area contributed by atoms with Gasteiger partial charge in [-0.3, -0.25) is 4.79 Å². The molecule has 92 valence electrons. The van der Waals surface area contributed by atoms with Crippen molar-refractivity contribution in [3.63, 3.8) is 0 Å². The van der Waals surface area contributed by atoms with Crippen LogP contribution in [0.1, 0.15) is 23.2 Å². The second-order valence-electron chi connectivity index (χ2n) is 4.05. The second kappa shape index (κ2) is 5.14. The largest absolute Gasteiger partial charge is 0.396 e. The van der Waals surface area contributed by atoms with Crippen molar-refractivity contribution in [2.24, 2.45) is 0 Å². The number of amides is 1. The summed E-state index contributed by atoms with van der Waals surface area (Å²) in [6.07, 6.45) is 2.02. The van der Waals surface area contributed by atoms with Gasteiger partial charge in [0.1, 0.15) is 5.82 Å². The average molecular weight is 238 g/mol. The van der Waals surface area contributed by atoms with E-state index < -0.39 is 5.82 Å². The fourth-order valence-corrected chi connectivity index (χ4v) is 1.84. The van der Waals surface area contributed by atoms with Crippen molar-refractivity contribution in [1.82, 2.24) is 5.32 Å². The van der Waals surface area contributed by atoms with Gasteiger partial charge in [-0.15, -0.1) is 0 Å². The first-order valence-electron chi connectivity index (χ1n) is 5.62. The van der Waals surface area contributed by atoms with Gasteiger partial charge >= 0.3 is 0 Å². The number of anilines is 1. The van der Waals surface area contributed by atoms with Gasteiger partial charge in [-0.05, 0) is 25.0 Å². The molecule has 5 heteroatoms. The summed E-state index contributed by atoms with van der Waals surface area (Å²) in [6, 6.07) is 4.20. The number of carbonyl (C=O) groups is 1. The standard InChI is InChI=1S/C12H15FN2O2/c13-10-5-1-4-9(11(10)14)12(16)15-7-8-3-2-6-17-8/h1,4-5,8H,2-3,6-7,14H2,(H,15,16). The summed E-state index contributed by atoms with van der Waals surface area (Å²) < 4.78 is 18.5. The van der Waals surface area contributed by atoms with E-state index in [1.807, 2.05) is 0 Å². The summed E-state index contributed by atoms with van der Waals surface area (Å²) in [6.45, 7) is 1.18. The number of nitrogens with one attached hydrogen (secondary N) is 1. The van der Waals surface area contributed by atoms with Gasteiger partial charge in [-0.1, -0.05) is 6.07 Å². The number of nitrogen functional groups attached to an aromatic ring is 1. The van der Waals surface area contributed by atoms with E-state index in [-0.39, 0.29) is 23.3 Å². The first-order chi connectivity index (χ1) is 8.18. The molecule has 1 aromatic carbocycles. The molecule has 17 heavy (non-hydrogen) atoms. The molecule has 1 amide bonds. The Morgan fingerprint density at radius 1 is 1.59 bits per heavy atom. The molecule has 1 saturated heterocycles. The van der Waals surface area contributed by atoms with Crippen molar-refractivity contribution in [1.29, 1.82) is 0 Å². The number of benzene rings is 1. The van der Waals surface area contributed by atoms with E-state index in [4.69, 9.17) is 10.5 Å². The molecule has 1 heterocycles. The number of halogens is 1. The first-order valence-corrected chi connectivity index (χ1v) is 5.62. The van der Waals surface area contributed by atoms with Crippen LogP contribution in [0.2, 0.25) is 0 Å². The SMILES string of the molecule is Nc1c(F)cccc1C(=O)NCC1CCCO1. The number of hydrogen-bond donors (Lipinski definition) is 2. The van der Waals surface area contributed by atoms with Crippen LogP contribution in [0.15, 0.2) is 18.2 Å². The van der Waals surface area contributed by atoms with Gasteiger partial charge in [0.05, 0.1) is 17.4 Å². The predicted octanol–water partition coefficient (Wildman–Crippen LogP) is 1.32. The Balaban J connectivity index is 1.97. The third-order valence-electron chi connectivity index (χ3n) is 2.81. The van der Waals surface area contributed by atoms with Crippen LogP contribution < -0.4 is 11.1 Å². The number of hydrogen-bond acceptors (Lipinski definition) is 3. The van der Waals surface area contributed by atoms with Gasteiger partial charge in [-0.2, -0.15) is 0 Å².